The van der Waals surface area contributed by atoms with Gasteiger partial charge >= 0.3 is 18.0 Å². The van der Waals surface area contributed by atoms with Crippen LogP contribution in [0.25, 0.3) is 0 Å². The molecule has 0 saturated carbocycles. The molecule has 1 atom stereocenters. The van der Waals surface area contributed by atoms with E-state index in [2.05, 4.69) is 20.7 Å². The molecule has 6 nitrogen and oxygen atoms in total. The zero-order chi connectivity index (χ0) is 12.3. The molecule has 1 aromatic rings. The molecule has 0 aliphatic carbocycles. The number of benzene rings is 1. The van der Waals surface area contributed by atoms with E-state index >= 15 is 0 Å². The second-order valence-electron chi connectivity index (χ2n) is 2.62. The average Bonchev–Trinajstić information content (AvgIpc) is 2.20. The van der Waals surface area contributed by atoms with Crippen LogP contribution in [0.15, 0.2) is 22.7 Å². The Kier molecular flexibility index (Phi) is 3.78. The molecule has 1 rings (SSSR count). The summed E-state index contributed by atoms with van der Waals surface area (Å²) >= 11 is 2.90. The number of halogens is 2. The van der Waals surface area contributed by atoms with E-state index in [4.69, 9.17) is 5.11 Å². The van der Waals surface area contributed by atoms with Crippen LogP contribution in [0.3, 0.4) is 0 Å². The second kappa shape index (κ2) is 4.88. The summed E-state index contributed by atoms with van der Waals surface area (Å²) in [5, 5.41) is 18.8. The first-order valence-corrected chi connectivity index (χ1v) is 4.69. The fraction of sp³-hybridized carbons (Fsp3) is 0.125. The van der Waals surface area contributed by atoms with Gasteiger partial charge in [-0.25, -0.2) is 4.79 Å². The van der Waals surface area contributed by atoms with Gasteiger partial charge in [-0.3, -0.25) is 10.1 Å². The number of carboxylic acids is 1. The standard InChI is InChI=1S/C8H5BrFNO5/c9-4-2-1-3-5(11(14)15)6(4)16-7(10)8(12)13/h1-3,7H,(H,12,13). The van der Waals surface area contributed by atoms with Gasteiger partial charge < -0.3 is 9.84 Å². The molecule has 8 heteroatoms. The maximum atomic E-state index is 12.8. The minimum absolute atomic E-state index is 0.102. The molecular formula is C8H5BrFNO5. The van der Waals surface area contributed by atoms with Gasteiger partial charge in [0.05, 0.1) is 9.40 Å². The number of hydrogen-bond donors (Lipinski definition) is 1. The topological polar surface area (TPSA) is 89.7 Å². The van der Waals surface area contributed by atoms with Gasteiger partial charge in [-0.05, 0) is 22.0 Å². The highest BCUT2D eigenvalue weighted by molar-refractivity contribution is 9.10. The summed E-state index contributed by atoms with van der Waals surface area (Å²) in [4.78, 5) is 20.0. The number of alkyl halides is 1. The minimum atomic E-state index is -2.66. The second-order valence-corrected chi connectivity index (χ2v) is 3.47. The molecule has 0 aliphatic heterocycles. The lowest BCUT2D eigenvalue weighted by atomic mass is 10.3. The first-order chi connectivity index (χ1) is 7.43. The van der Waals surface area contributed by atoms with Crippen LogP contribution in [-0.2, 0) is 4.79 Å². The fourth-order valence-corrected chi connectivity index (χ4v) is 1.36. The van der Waals surface area contributed by atoms with E-state index in [9.17, 15) is 19.3 Å². The van der Waals surface area contributed by atoms with Gasteiger partial charge in [-0.2, -0.15) is 4.39 Å². The van der Waals surface area contributed by atoms with Crippen molar-refractivity contribution >= 4 is 27.6 Å². The van der Waals surface area contributed by atoms with E-state index in [1.807, 2.05) is 0 Å². The number of nitro groups is 1. The summed E-state index contributed by atoms with van der Waals surface area (Å²) in [6, 6.07) is 3.80. The van der Waals surface area contributed by atoms with Gasteiger partial charge in [-0.15, -0.1) is 0 Å². The number of carbonyl (C=O) groups is 1. The van der Waals surface area contributed by atoms with Crippen molar-refractivity contribution in [3.05, 3.63) is 32.8 Å². The maximum absolute atomic E-state index is 12.8. The Morgan fingerprint density at radius 3 is 2.75 bits per heavy atom. The van der Waals surface area contributed by atoms with Crippen molar-refractivity contribution in [3.8, 4) is 5.75 Å². The molecule has 0 aromatic heterocycles. The quantitative estimate of drug-likeness (QED) is 0.678. The summed E-state index contributed by atoms with van der Waals surface area (Å²) in [5.74, 6) is -2.31. The Balaban J connectivity index is 3.11. The van der Waals surface area contributed by atoms with Gasteiger partial charge in [0.1, 0.15) is 0 Å². The third kappa shape index (κ3) is 2.66. The molecule has 0 radical (unpaired) electrons. The summed E-state index contributed by atoms with van der Waals surface area (Å²) in [5.41, 5.74) is -0.515. The Morgan fingerprint density at radius 2 is 2.25 bits per heavy atom. The van der Waals surface area contributed by atoms with Gasteiger partial charge in [0.25, 0.3) is 0 Å². The number of carboxylic acid groups (broad SMARTS) is 1. The van der Waals surface area contributed by atoms with Crippen LogP contribution >= 0.6 is 15.9 Å². The normalized spacial score (nSPS) is 11.9. The predicted octanol–water partition coefficient (Wildman–Crippen LogP) is 2.12. The van der Waals surface area contributed by atoms with Crippen LogP contribution in [0.2, 0.25) is 0 Å². The number of rotatable bonds is 4. The van der Waals surface area contributed by atoms with Crippen LogP contribution in [0.5, 0.6) is 5.75 Å². The van der Waals surface area contributed by atoms with E-state index in [1.165, 1.54) is 12.1 Å². The van der Waals surface area contributed by atoms with Gasteiger partial charge in [0, 0.05) is 6.07 Å². The zero-order valence-electron chi connectivity index (χ0n) is 7.59. The first kappa shape index (κ1) is 12.4. The third-order valence-corrected chi connectivity index (χ3v) is 2.18. The Labute approximate surface area is 96.9 Å². The van der Waals surface area contributed by atoms with E-state index in [0.717, 1.165) is 6.07 Å². The largest absolute Gasteiger partial charge is 0.476 e. The Morgan fingerprint density at radius 1 is 1.62 bits per heavy atom. The monoisotopic (exact) mass is 293 g/mol. The van der Waals surface area contributed by atoms with Crippen molar-refractivity contribution in [2.75, 3.05) is 0 Å². The van der Waals surface area contributed by atoms with Gasteiger partial charge in [0.2, 0.25) is 5.75 Å². The Bertz CT molecular complexity index is 438. The highest BCUT2D eigenvalue weighted by Gasteiger charge is 2.25. The fourth-order valence-electron chi connectivity index (χ4n) is 0.912. The molecule has 0 fully saturated rings. The van der Waals surface area contributed by atoms with Crippen molar-refractivity contribution in [3.63, 3.8) is 0 Å². The summed E-state index contributed by atoms with van der Waals surface area (Å²) in [6.45, 7) is 0. The zero-order valence-corrected chi connectivity index (χ0v) is 9.18. The van der Waals surface area contributed by atoms with Crippen LogP contribution in [0, 0.1) is 10.1 Å². The lowest BCUT2D eigenvalue weighted by Gasteiger charge is -2.09. The molecule has 0 amide bonds. The van der Waals surface area contributed by atoms with Crippen molar-refractivity contribution in [2.45, 2.75) is 6.36 Å². The van der Waals surface area contributed by atoms with Crippen LogP contribution < -0.4 is 4.74 Å². The summed E-state index contributed by atoms with van der Waals surface area (Å²) in [7, 11) is 0. The van der Waals surface area contributed by atoms with Crippen LogP contribution in [0.1, 0.15) is 0 Å². The highest BCUT2D eigenvalue weighted by atomic mass is 79.9. The molecule has 0 aliphatic rings. The van der Waals surface area contributed by atoms with E-state index in [0.29, 0.717) is 0 Å². The first-order valence-electron chi connectivity index (χ1n) is 3.90. The van der Waals surface area contributed by atoms with Gasteiger partial charge in [-0.1, -0.05) is 6.07 Å². The number of ether oxygens (including phenoxy) is 1. The molecule has 1 unspecified atom stereocenters. The maximum Gasteiger partial charge on any atom is 0.378 e. The van der Waals surface area contributed by atoms with Crippen LogP contribution in [-0.4, -0.2) is 22.4 Å². The van der Waals surface area contributed by atoms with Crippen molar-refractivity contribution < 1.29 is 24.0 Å². The number of aliphatic carboxylic acids is 1. The average molecular weight is 294 g/mol. The van der Waals surface area contributed by atoms with E-state index in [-0.39, 0.29) is 4.47 Å². The Hall–Kier alpha value is -1.70. The molecule has 16 heavy (non-hydrogen) atoms. The molecule has 1 aromatic carbocycles. The molecule has 86 valence electrons. The molecule has 0 bridgehead atoms. The van der Waals surface area contributed by atoms with Crippen molar-refractivity contribution in [1.29, 1.82) is 0 Å². The molecular weight excluding hydrogens is 289 g/mol. The lowest BCUT2D eigenvalue weighted by Crippen LogP contribution is -2.22. The molecule has 1 N–H and O–H groups in total. The minimum Gasteiger partial charge on any atom is -0.476 e. The van der Waals surface area contributed by atoms with Crippen molar-refractivity contribution in [2.24, 2.45) is 0 Å². The summed E-state index contributed by atoms with van der Waals surface area (Å²) in [6.07, 6.45) is -2.66. The van der Waals surface area contributed by atoms with E-state index < -0.39 is 28.7 Å². The number of para-hydroxylation sites is 1. The number of nitrogens with zero attached hydrogens (tertiary/aromatic N) is 1. The highest BCUT2D eigenvalue weighted by Crippen LogP contribution is 2.35. The van der Waals surface area contributed by atoms with Gasteiger partial charge in [0.15, 0.2) is 0 Å². The smallest absolute Gasteiger partial charge is 0.378 e. The van der Waals surface area contributed by atoms with Crippen molar-refractivity contribution in [1.82, 2.24) is 0 Å². The number of hydrogen-bond acceptors (Lipinski definition) is 4. The lowest BCUT2D eigenvalue weighted by molar-refractivity contribution is -0.386. The SMILES string of the molecule is O=C(O)C(F)Oc1c(Br)cccc1[N+](=O)[O-]. The number of nitro benzene ring substituents is 1. The molecule has 0 heterocycles. The summed E-state index contributed by atoms with van der Waals surface area (Å²) < 4.78 is 17.2. The molecule has 0 saturated heterocycles. The third-order valence-electron chi connectivity index (χ3n) is 1.56. The van der Waals surface area contributed by atoms with E-state index in [1.54, 1.807) is 0 Å². The van der Waals surface area contributed by atoms with Crippen LogP contribution in [0.4, 0.5) is 10.1 Å². The molecule has 0 spiro atoms. The predicted molar refractivity (Wildman–Crippen MR) is 54.0 cm³/mol.